The molecule has 0 spiro atoms. The Balaban J connectivity index is 2.57. The fourth-order valence-corrected chi connectivity index (χ4v) is 3.08. The lowest BCUT2D eigenvalue weighted by Crippen LogP contribution is -2.52. The molecule has 6 heteroatoms. The van der Waals surface area contributed by atoms with E-state index in [9.17, 15) is 14.4 Å². The summed E-state index contributed by atoms with van der Waals surface area (Å²) in [4.78, 5) is 37.6. The Morgan fingerprint density at radius 3 is 2.08 bits per heavy atom. The van der Waals surface area contributed by atoms with Crippen LogP contribution in [0.5, 0.6) is 0 Å². The molecule has 1 aliphatic rings. The normalized spacial score (nSPS) is 16.5. The molecule has 0 radical (unpaired) electrons. The molecule has 1 saturated carbocycles. The number of hydrogen-bond donors (Lipinski definition) is 2. The lowest BCUT2D eigenvalue weighted by Gasteiger charge is -2.40. The first kappa shape index (κ1) is 20.5. The van der Waals surface area contributed by atoms with Gasteiger partial charge < -0.3 is 15.5 Å². The predicted octanol–water partition coefficient (Wildman–Crippen LogP) is 1.83. The Kier molecular flexibility index (Phi) is 8.79. The molecule has 3 amide bonds. The van der Waals surface area contributed by atoms with Crippen LogP contribution in [-0.2, 0) is 14.4 Å². The van der Waals surface area contributed by atoms with E-state index in [-0.39, 0.29) is 42.9 Å². The summed E-state index contributed by atoms with van der Waals surface area (Å²) < 4.78 is 0. The van der Waals surface area contributed by atoms with Crippen LogP contribution in [0.15, 0.2) is 0 Å². The van der Waals surface area contributed by atoms with Gasteiger partial charge in [0.25, 0.3) is 0 Å². The van der Waals surface area contributed by atoms with Gasteiger partial charge in [-0.25, -0.2) is 0 Å². The highest BCUT2D eigenvalue weighted by Gasteiger charge is 2.30. The fraction of sp³-hybridized carbons (Fsp3) is 0.833. The van der Waals surface area contributed by atoms with Crippen LogP contribution in [0.2, 0.25) is 0 Å². The maximum absolute atomic E-state index is 12.7. The van der Waals surface area contributed by atoms with Gasteiger partial charge in [0, 0.05) is 18.5 Å². The number of nitrogens with zero attached hydrogens (tertiary/aromatic N) is 1. The van der Waals surface area contributed by atoms with Crippen LogP contribution >= 0.6 is 0 Å². The second-order valence-electron chi connectivity index (χ2n) is 6.98. The van der Waals surface area contributed by atoms with E-state index in [4.69, 9.17) is 0 Å². The quantitative estimate of drug-likeness (QED) is 0.708. The van der Waals surface area contributed by atoms with Crippen LogP contribution < -0.4 is 10.6 Å². The van der Waals surface area contributed by atoms with Crippen LogP contribution in [0.3, 0.4) is 0 Å². The van der Waals surface area contributed by atoms with Crippen molar-refractivity contribution in [3.05, 3.63) is 0 Å². The molecule has 0 aromatic carbocycles. The van der Waals surface area contributed by atoms with Gasteiger partial charge in [-0.3, -0.25) is 14.4 Å². The topological polar surface area (TPSA) is 78.5 Å². The number of rotatable bonds is 8. The van der Waals surface area contributed by atoms with Gasteiger partial charge in [-0.1, -0.05) is 40.0 Å². The van der Waals surface area contributed by atoms with Crippen molar-refractivity contribution < 1.29 is 14.4 Å². The van der Waals surface area contributed by atoms with Crippen molar-refractivity contribution in [1.82, 2.24) is 15.5 Å². The van der Waals surface area contributed by atoms with Crippen molar-refractivity contribution in [3.8, 4) is 0 Å². The number of carbonyl (C=O) groups is 3. The molecule has 1 fully saturated rings. The average molecular weight is 339 g/mol. The fourth-order valence-electron chi connectivity index (χ4n) is 3.08. The van der Waals surface area contributed by atoms with E-state index in [0.717, 1.165) is 25.7 Å². The highest BCUT2D eigenvalue weighted by atomic mass is 16.2. The van der Waals surface area contributed by atoms with E-state index in [1.165, 1.54) is 6.42 Å². The first-order chi connectivity index (χ1) is 11.4. The zero-order valence-electron chi connectivity index (χ0n) is 15.6. The van der Waals surface area contributed by atoms with Gasteiger partial charge in [-0.05, 0) is 25.7 Å². The minimum atomic E-state index is -0.328. The highest BCUT2D eigenvalue weighted by Crippen LogP contribution is 2.26. The zero-order chi connectivity index (χ0) is 18.1. The van der Waals surface area contributed by atoms with Gasteiger partial charge in [0.2, 0.25) is 17.7 Å². The Morgan fingerprint density at radius 2 is 1.54 bits per heavy atom. The van der Waals surface area contributed by atoms with Gasteiger partial charge in [0.05, 0.1) is 13.1 Å². The molecule has 0 bridgehead atoms. The van der Waals surface area contributed by atoms with E-state index >= 15 is 0 Å². The van der Waals surface area contributed by atoms with E-state index in [1.54, 1.807) is 6.92 Å². The Bertz CT molecular complexity index is 431. The average Bonchev–Trinajstić information content (AvgIpc) is 2.58. The summed E-state index contributed by atoms with van der Waals surface area (Å²) in [6.07, 6.45) is 5.99. The maximum Gasteiger partial charge on any atom is 0.242 e. The molecule has 1 rings (SSSR count). The first-order valence-corrected chi connectivity index (χ1v) is 9.21. The molecule has 6 nitrogen and oxygen atoms in total. The first-order valence-electron chi connectivity index (χ1n) is 9.21. The van der Waals surface area contributed by atoms with E-state index in [0.29, 0.717) is 12.3 Å². The predicted molar refractivity (Wildman–Crippen MR) is 94.3 cm³/mol. The van der Waals surface area contributed by atoms with Crippen LogP contribution in [0.4, 0.5) is 0 Å². The Labute approximate surface area is 145 Å². The molecule has 2 N–H and O–H groups in total. The zero-order valence-corrected chi connectivity index (χ0v) is 15.6. The summed E-state index contributed by atoms with van der Waals surface area (Å²) in [7, 11) is 0. The van der Waals surface area contributed by atoms with Crippen molar-refractivity contribution >= 4 is 17.7 Å². The van der Waals surface area contributed by atoms with E-state index in [1.807, 2.05) is 4.90 Å². The van der Waals surface area contributed by atoms with Gasteiger partial charge >= 0.3 is 0 Å². The van der Waals surface area contributed by atoms with Crippen LogP contribution in [0.1, 0.15) is 66.2 Å². The van der Waals surface area contributed by atoms with Crippen molar-refractivity contribution in [2.75, 3.05) is 13.1 Å². The second kappa shape index (κ2) is 10.3. The summed E-state index contributed by atoms with van der Waals surface area (Å²) in [5.41, 5.74) is 0. The van der Waals surface area contributed by atoms with Crippen molar-refractivity contribution in [1.29, 1.82) is 0 Å². The van der Waals surface area contributed by atoms with Crippen molar-refractivity contribution in [2.45, 2.75) is 78.3 Å². The molecule has 0 heterocycles. The van der Waals surface area contributed by atoms with E-state index in [2.05, 4.69) is 31.4 Å². The number of hydrogen-bond acceptors (Lipinski definition) is 3. The minimum Gasteiger partial charge on any atom is -0.347 e. The van der Waals surface area contributed by atoms with Gasteiger partial charge in [0.15, 0.2) is 0 Å². The summed E-state index contributed by atoms with van der Waals surface area (Å²) in [6.45, 7) is 7.96. The lowest BCUT2D eigenvalue weighted by atomic mass is 9.91. The molecule has 1 atom stereocenters. The Morgan fingerprint density at radius 1 is 0.958 bits per heavy atom. The highest BCUT2D eigenvalue weighted by molar-refractivity contribution is 5.88. The third-order valence-corrected chi connectivity index (χ3v) is 4.86. The van der Waals surface area contributed by atoms with E-state index < -0.39 is 0 Å². The number of carbonyl (C=O) groups excluding carboxylic acids is 3. The van der Waals surface area contributed by atoms with Crippen molar-refractivity contribution in [3.63, 3.8) is 0 Å². The molecule has 1 unspecified atom stereocenters. The third kappa shape index (κ3) is 6.49. The molecular formula is C18H33N3O3. The summed E-state index contributed by atoms with van der Waals surface area (Å²) >= 11 is 0. The number of amides is 3. The molecule has 138 valence electrons. The van der Waals surface area contributed by atoms with Gasteiger partial charge in [-0.2, -0.15) is 0 Å². The molecule has 1 aliphatic carbocycles. The van der Waals surface area contributed by atoms with Gasteiger partial charge in [-0.15, -0.1) is 0 Å². The molecule has 24 heavy (non-hydrogen) atoms. The van der Waals surface area contributed by atoms with Crippen LogP contribution in [0, 0.1) is 5.92 Å². The monoisotopic (exact) mass is 339 g/mol. The molecular weight excluding hydrogens is 306 g/mol. The maximum atomic E-state index is 12.7. The summed E-state index contributed by atoms with van der Waals surface area (Å²) in [6, 6.07) is 0.428. The SMILES string of the molecule is CCC(=O)NCC(=O)NCC(=O)N(C1CCCCC1)C(C)C(C)C. The largest absolute Gasteiger partial charge is 0.347 e. The second-order valence-corrected chi connectivity index (χ2v) is 6.98. The summed E-state index contributed by atoms with van der Waals surface area (Å²) in [5.74, 6) is -0.159. The Hall–Kier alpha value is -1.59. The molecule has 0 aromatic rings. The minimum absolute atomic E-state index is 0.00557. The number of nitrogens with one attached hydrogen (secondary N) is 2. The molecule has 0 saturated heterocycles. The van der Waals surface area contributed by atoms with Crippen molar-refractivity contribution in [2.24, 2.45) is 5.92 Å². The summed E-state index contributed by atoms with van der Waals surface area (Å²) in [5, 5.41) is 5.14. The third-order valence-electron chi connectivity index (χ3n) is 4.86. The van der Waals surface area contributed by atoms with Crippen LogP contribution in [-0.4, -0.2) is 47.8 Å². The smallest absolute Gasteiger partial charge is 0.242 e. The van der Waals surface area contributed by atoms with Gasteiger partial charge in [0.1, 0.15) is 0 Å². The lowest BCUT2D eigenvalue weighted by molar-refractivity contribution is -0.138. The molecule has 0 aliphatic heterocycles. The van der Waals surface area contributed by atoms with Crippen LogP contribution in [0.25, 0.3) is 0 Å². The molecule has 0 aromatic heterocycles. The standard InChI is InChI=1S/C18H33N3O3/c1-5-16(22)19-11-17(23)20-12-18(24)21(14(4)13(2)3)15-9-7-6-8-10-15/h13-15H,5-12H2,1-4H3,(H,19,22)(H,20,23).